The van der Waals surface area contributed by atoms with Gasteiger partial charge in [0.25, 0.3) is 5.91 Å². The topological polar surface area (TPSA) is 147 Å². The Kier molecular flexibility index (Phi) is 8.28. The van der Waals surface area contributed by atoms with Crippen LogP contribution in [0.25, 0.3) is 0 Å². The summed E-state index contributed by atoms with van der Waals surface area (Å²) in [6.45, 7) is 2.52. The first kappa shape index (κ1) is 26.7. The summed E-state index contributed by atoms with van der Waals surface area (Å²) in [4.78, 5) is 25.9. The van der Waals surface area contributed by atoms with Gasteiger partial charge in [-0.3, -0.25) is 14.5 Å². The van der Waals surface area contributed by atoms with Crippen LogP contribution in [0.3, 0.4) is 0 Å². The van der Waals surface area contributed by atoms with E-state index >= 15 is 0 Å². The lowest BCUT2D eigenvalue weighted by molar-refractivity contribution is 0.0879. The summed E-state index contributed by atoms with van der Waals surface area (Å²) in [5.41, 5.74) is 0.796. The lowest BCUT2D eigenvalue weighted by Gasteiger charge is -2.14. The zero-order valence-corrected chi connectivity index (χ0v) is 21.8. The third-order valence-electron chi connectivity index (χ3n) is 5.03. The van der Waals surface area contributed by atoms with Crippen LogP contribution in [0.1, 0.15) is 23.1 Å². The number of hydrogen-bond donors (Lipinski definition) is 1. The smallest absolute Gasteiger partial charge is 0.326 e. The maximum Gasteiger partial charge on any atom is 0.326 e. The number of amides is 1. The molecular weight excluding hydrogens is 512 g/mol. The third kappa shape index (κ3) is 7.33. The van der Waals surface area contributed by atoms with Crippen molar-refractivity contribution < 1.29 is 27.4 Å². The minimum absolute atomic E-state index is 0.0263. The van der Waals surface area contributed by atoms with E-state index in [9.17, 15) is 13.2 Å². The molecule has 1 aromatic carbocycles. The van der Waals surface area contributed by atoms with Gasteiger partial charge < -0.3 is 19.5 Å². The molecule has 1 amide bonds. The largest absolute Gasteiger partial charge is 0.472 e. The highest BCUT2D eigenvalue weighted by Gasteiger charge is 2.17. The highest BCUT2D eigenvalue weighted by atomic mass is 32.2. The van der Waals surface area contributed by atoms with Gasteiger partial charge in [0.15, 0.2) is 15.7 Å². The van der Waals surface area contributed by atoms with E-state index in [1.807, 2.05) is 18.2 Å². The van der Waals surface area contributed by atoms with Crippen molar-refractivity contribution in [3.8, 4) is 17.6 Å². The maximum absolute atomic E-state index is 13.0. The first-order valence-electron chi connectivity index (χ1n) is 11.5. The van der Waals surface area contributed by atoms with Crippen molar-refractivity contribution in [3.63, 3.8) is 0 Å². The number of nitrogens with one attached hydrogen (secondary N) is 1. The zero-order chi connectivity index (χ0) is 27.1. The van der Waals surface area contributed by atoms with Crippen molar-refractivity contribution in [1.82, 2.24) is 24.7 Å². The Hall–Kier alpha value is -4.36. The Morgan fingerprint density at radius 2 is 1.89 bits per heavy atom. The molecule has 12 nitrogen and oxygen atoms in total. The summed E-state index contributed by atoms with van der Waals surface area (Å²) >= 11 is 0. The lowest BCUT2D eigenvalue weighted by Crippen LogP contribution is -2.20. The van der Waals surface area contributed by atoms with Gasteiger partial charge in [0, 0.05) is 37.9 Å². The van der Waals surface area contributed by atoms with Crippen LogP contribution in [-0.2, 0) is 21.1 Å². The Balaban J connectivity index is 1.54. The van der Waals surface area contributed by atoms with Gasteiger partial charge in [-0.1, -0.05) is 6.07 Å². The highest BCUT2D eigenvalue weighted by Crippen LogP contribution is 2.23. The van der Waals surface area contributed by atoms with Crippen molar-refractivity contribution in [1.29, 1.82) is 0 Å². The van der Waals surface area contributed by atoms with Gasteiger partial charge in [-0.2, -0.15) is 15.1 Å². The minimum atomic E-state index is -3.36. The summed E-state index contributed by atoms with van der Waals surface area (Å²) in [5, 5.41) is 7.06. The molecule has 3 heterocycles. The first-order valence-corrected chi connectivity index (χ1v) is 13.4. The molecule has 1 N–H and O–H groups in total. The highest BCUT2D eigenvalue weighted by molar-refractivity contribution is 7.90. The maximum atomic E-state index is 13.0. The second-order valence-electron chi connectivity index (χ2n) is 8.28. The third-order valence-corrected chi connectivity index (χ3v) is 6.16. The number of nitrogens with zero attached hydrogens (tertiary/aromatic N) is 5. The number of aromatic nitrogens is 5. The Morgan fingerprint density at radius 1 is 1.11 bits per heavy atom. The summed E-state index contributed by atoms with van der Waals surface area (Å²) in [7, 11) is -1.82. The molecule has 198 valence electrons. The van der Waals surface area contributed by atoms with Gasteiger partial charge in [-0.05, 0) is 43.3 Å². The van der Waals surface area contributed by atoms with Crippen molar-refractivity contribution in [2.24, 2.45) is 0 Å². The van der Waals surface area contributed by atoms with Gasteiger partial charge in [0.1, 0.15) is 17.5 Å². The van der Waals surface area contributed by atoms with Gasteiger partial charge in [-0.25, -0.2) is 8.42 Å². The molecule has 0 aliphatic carbocycles. The second kappa shape index (κ2) is 11.8. The molecule has 13 heteroatoms. The van der Waals surface area contributed by atoms with Crippen molar-refractivity contribution >= 4 is 21.6 Å². The van der Waals surface area contributed by atoms with Gasteiger partial charge in [-0.15, -0.1) is 0 Å². The Morgan fingerprint density at radius 3 is 2.58 bits per heavy atom. The van der Waals surface area contributed by atoms with Gasteiger partial charge >= 0.3 is 6.01 Å². The fraction of sp³-hybridized carbons (Fsp3) is 0.240. The Labute approximate surface area is 219 Å². The van der Waals surface area contributed by atoms with E-state index in [2.05, 4.69) is 25.4 Å². The van der Waals surface area contributed by atoms with Crippen LogP contribution in [0.2, 0.25) is 0 Å². The van der Waals surface area contributed by atoms with Crippen LogP contribution in [0.5, 0.6) is 17.6 Å². The quantitative estimate of drug-likeness (QED) is 0.302. The normalized spacial score (nSPS) is 12.1. The van der Waals surface area contributed by atoms with Gasteiger partial charge in [0.05, 0.1) is 23.7 Å². The van der Waals surface area contributed by atoms with E-state index in [-0.39, 0.29) is 34.3 Å². The predicted octanol–water partition coefficient (Wildman–Crippen LogP) is 2.98. The SMILES string of the molecule is COCC(C)Oc1cc(C(=O)Nc2ccn(Cc3ccccn3)n2)nc(Oc2ccc(S(C)(=O)=O)cc2)n1. The molecule has 1 atom stereocenters. The molecule has 0 aliphatic rings. The summed E-state index contributed by atoms with van der Waals surface area (Å²) in [5.74, 6) is 0.132. The number of pyridine rings is 1. The van der Waals surface area contributed by atoms with Crippen LogP contribution < -0.4 is 14.8 Å². The fourth-order valence-corrected chi connectivity index (χ4v) is 3.95. The fourth-order valence-electron chi connectivity index (χ4n) is 3.32. The van der Waals surface area contributed by atoms with Crippen LogP contribution in [0.4, 0.5) is 5.82 Å². The molecule has 1 unspecified atom stereocenters. The van der Waals surface area contributed by atoms with Crippen LogP contribution in [0, 0.1) is 0 Å². The number of sulfone groups is 1. The van der Waals surface area contributed by atoms with E-state index in [1.54, 1.807) is 37.2 Å². The Bertz CT molecular complexity index is 1490. The number of ether oxygens (including phenoxy) is 3. The van der Waals surface area contributed by atoms with E-state index < -0.39 is 15.7 Å². The minimum Gasteiger partial charge on any atom is -0.472 e. The van der Waals surface area contributed by atoms with E-state index in [4.69, 9.17) is 14.2 Å². The molecule has 0 saturated heterocycles. The predicted molar refractivity (Wildman–Crippen MR) is 137 cm³/mol. The molecule has 4 aromatic rings. The van der Waals surface area contributed by atoms with E-state index in [0.717, 1.165) is 11.9 Å². The number of anilines is 1. The second-order valence-corrected chi connectivity index (χ2v) is 10.3. The number of hydrogen-bond acceptors (Lipinski definition) is 10. The number of methoxy groups -OCH3 is 1. The number of rotatable bonds is 11. The molecule has 4 rings (SSSR count). The summed E-state index contributed by atoms with van der Waals surface area (Å²) in [6, 6.07) is 14.2. The van der Waals surface area contributed by atoms with Crippen molar-refractivity contribution in [2.45, 2.75) is 24.5 Å². The summed E-state index contributed by atoms with van der Waals surface area (Å²) < 4.78 is 41.7. The molecule has 0 spiro atoms. The van der Waals surface area contributed by atoms with Crippen LogP contribution in [0.15, 0.2) is 71.9 Å². The number of benzene rings is 1. The number of carbonyl (C=O) groups is 1. The molecule has 0 bridgehead atoms. The van der Waals surface area contributed by atoms with Gasteiger partial charge in [0.2, 0.25) is 5.88 Å². The van der Waals surface area contributed by atoms with Crippen molar-refractivity contribution in [2.75, 3.05) is 25.3 Å². The van der Waals surface area contributed by atoms with Crippen molar-refractivity contribution in [3.05, 3.63) is 78.4 Å². The lowest BCUT2D eigenvalue weighted by atomic mass is 10.3. The molecule has 3 aromatic heterocycles. The van der Waals surface area contributed by atoms with Crippen LogP contribution >= 0.6 is 0 Å². The van der Waals surface area contributed by atoms with E-state index in [1.165, 1.54) is 30.3 Å². The zero-order valence-electron chi connectivity index (χ0n) is 20.9. The molecule has 0 radical (unpaired) electrons. The molecule has 0 saturated carbocycles. The molecular formula is C25H26N6O6S. The molecule has 0 fully saturated rings. The average Bonchev–Trinajstić information content (AvgIpc) is 3.31. The van der Waals surface area contributed by atoms with E-state index in [0.29, 0.717) is 19.0 Å². The average molecular weight is 539 g/mol. The molecule has 0 aliphatic heterocycles. The molecule has 38 heavy (non-hydrogen) atoms. The summed E-state index contributed by atoms with van der Waals surface area (Å²) in [6.07, 6.45) is 4.17. The van der Waals surface area contributed by atoms with Crippen LogP contribution in [-0.4, -0.2) is 65.1 Å². The first-order chi connectivity index (χ1) is 18.2. The monoisotopic (exact) mass is 538 g/mol. The standard InChI is InChI=1S/C25H26N6O6S/c1-17(16-35-2)36-23-14-21(27-25(29-23)37-19-7-9-20(10-8-19)38(3,33)34)24(32)28-22-11-13-31(30-22)15-18-6-4-5-12-26-18/h4-14,17H,15-16H2,1-3H3,(H,28,30,32). The number of carbonyl (C=O) groups excluding carboxylic acids is 1.